The van der Waals surface area contributed by atoms with Gasteiger partial charge in [0.05, 0.1) is 11.6 Å². The van der Waals surface area contributed by atoms with Crippen molar-refractivity contribution in [3.8, 4) is 12.1 Å². The predicted molar refractivity (Wildman–Crippen MR) is 67.8 cm³/mol. The van der Waals surface area contributed by atoms with Gasteiger partial charge in [0.1, 0.15) is 17.3 Å². The summed E-state index contributed by atoms with van der Waals surface area (Å²) in [5.74, 6) is -1.09. The van der Waals surface area contributed by atoms with E-state index in [1.165, 1.54) is 12.1 Å². The fraction of sp³-hybridized carbons (Fsp3) is 0.357. The minimum absolute atomic E-state index is 0.152. The van der Waals surface area contributed by atoms with Crippen LogP contribution >= 0.6 is 0 Å². The van der Waals surface area contributed by atoms with Gasteiger partial charge in [-0.25, -0.2) is 4.39 Å². The summed E-state index contributed by atoms with van der Waals surface area (Å²) in [6.07, 6.45) is 0.642. The lowest BCUT2D eigenvalue weighted by Gasteiger charge is -2.29. The van der Waals surface area contributed by atoms with Gasteiger partial charge >= 0.3 is 0 Å². The minimum atomic E-state index is -1.13. The zero-order chi connectivity index (χ0) is 14.6. The lowest BCUT2D eigenvalue weighted by atomic mass is 9.81. The average molecular weight is 273 g/mol. The number of nitriles is 2. The minimum Gasteiger partial charge on any atom is -0.381 e. The molecule has 1 aliphatic rings. The van der Waals surface area contributed by atoms with Gasteiger partial charge in [0, 0.05) is 18.9 Å². The second-order valence-electron chi connectivity index (χ2n) is 4.57. The van der Waals surface area contributed by atoms with Crippen molar-refractivity contribution in [1.82, 2.24) is 0 Å². The fourth-order valence-corrected chi connectivity index (χ4v) is 2.05. The third kappa shape index (κ3) is 2.61. The SMILES string of the molecule is N#Cc1cc(NC(=O)C2(C#N)CCOCC2)ccc1F. The van der Waals surface area contributed by atoms with Crippen LogP contribution in [0.3, 0.4) is 0 Å². The Bertz CT molecular complexity index is 610. The van der Waals surface area contributed by atoms with Crippen LogP contribution in [0.1, 0.15) is 18.4 Å². The number of amides is 1. The van der Waals surface area contributed by atoms with Gasteiger partial charge < -0.3 is 10.1 Å². The highest BCUT2D eigenvalue weighted by Crippen LogP contribution is 2.31. The number of halogens is 1. The first-order chi connectivity index (χ1) is 9.61. The van der Waals surface area contributed by atoms with Gasteiger partial charge in [-0.2, -0.15) is 10.5 Å². The molecule has 1 saturated heterocycles. The molecule has 0 unspecified atom stereocenters. The summed E-state index contributed by atoms with van der Waals surface area (Å²) >= 11 is 0. The van der Waals surface area contributed by atoms with E-state index in [0.29, 0.717) is 31.7 Å². The normalized spacial score (nSPS) is 16.8. The molecule has 6 heteroatoms. The Morgan fingerprint density at radius 1 is 1.35 bits per heavy atom. The molecule has 1 aromatic rings. The number of rotatable bonds is 2. The quantitative estimate of drug-likeness (QED) is 0.892. The maximum Gasteiger partial charge on any atom is 0.245 e. The van der Waals surface area contributed by atoms with Crippen LogP contribution in [-0.4, -0.2) is 19.1 Å². The standard InChI is InChI=1S/C14H12FN3O2/c15-12-2-1-11(7-10(12)8-16)18-13(19)14(9-17)3-5-20-6-4-14/h1-2,7H,3-6H2,(H,18,19). The van der Waals surface area contributed by atoms with Crippen LogP contribution < -0.4 is 5.32 Å². The van der Waals surface area contributed by atoms with Crippen LogP contribution in [0.15, 0.2) is 18.2 Å². The van der Waals surface area contributed by atoms with Crippen LogP contribution in [0.2, 0.25) is 0 Å². The first-order valence-electron chi connectivity index (χ1n) is 6.11. The number of carbonyl (C=O) groups excluding carboxylic acids is 1. The van der Waals surface area contributed by atoms with Crippen molar-refractivity contribution in [3.63, 3.8) is 0 Å². The van der Waals surface area contributed by atoms with Crippen molar-refractivity contribution in [2.75, 3.05) is 18.5 Å². The van der Waals surface area contributed by atoms with Crippen molar-refractivity contribution in [2.24, 2.45) is 5.41 Å². The van der Waals surface area contributed by atoms with E-state index in [9.17, 15) is 14.4 Å². The molecule has 0 radical (unpaired) electrons. The second kappa shape index (κ2) is 5.68. The number of ether oxygens (including phenoxy) is 1. The molecule has 2 rings (SSSR count). The van der Waals surface area contributed by atoms with Gasteiger partial charge in [0.2, 0.25) is 5.91 Å². The van der Waals surface area contributed by atoms with E-state index >= 15 is 0 Å². The van der Waals surface area contributed by atoms with E-state index in [4.69, 9.17) is 10.00 Å². The number of anilines is 1. The highest BCUT2D eigenvalue weighted by atomic mass is 19.1. The van der Waals surface area contributed by atoms with Crippen LogP contribution in [0, 0.1) is 33.9 Å². The van der Waals surface area contributed by atoms with E-state index < -0.39 is 17.1 Å². The highest BCUT2D eigenvalue weighted by Gasteiger charge is 2.40. The Balaban J connectivity index is 2.19. The molecular formula is C14H12FN3O2. The summed E-state index contributed by atoms with van der Waals surface area (Å²) in [6.45, 7) is 0.710. The molecule has 0 spiro atoms. The molecule has 0 atom stereocenters. The molecule has 0 aromatic heterocycles. The Labute approximate surface area is 115 Å². The Kier molecular flexibility index (Phi) is 3.97. The first kappa shape index (κ1) is 14.0. The number of nitrogens with zero attached hydrogens (tertiary/aromatic N) is 2. The monoisotopic (exact) mass is 273 g/mol. The van der Waals surface area contributed by atoms with E-state index in [1.807, 2.05) is 6.07 Å². The molecule has 1 aromatic carbocycles. The maximum absolute atomic E-state index is 13.2. The molecule has 0 bridgehead atoms. The van der Waals surface area contributed by atoms with Gasteiger partial charge in [0.25, 0.3) is 0 Å². The molecular weight excluding hydrogens is 261 g/mol. The molecule has 1 amide bonds. The first-order valence-corrected chi connectivity index (χ1v) is 6.11. The van der Waals surface area contributed by atoms with Gasteiger partial charge in [-0.3, -0.25) is 4.79 Å². The van der Waals surface area contributed by atoms with Crippen molar-refractivity contribution >= 4 is 11.6 Å². The van der Waals surface area contributed by atoms with Gasteiger partial charge in [-0.15, -0.1) is 0 Å². The summed E-state index contributed by atoms with van der Waals surface area (Å²) in [7, 11) is 0. The fourth-order valence-electron chi connectivity index (χ4n) is 2.05. The van der Waals surface area contributed by atoms with Crippen molar-refractivity contribution in [2.45, 2.75) is 12.8 Å². The van der Waals surface area contributed by atoms with Crippen molar-refractivity contribution < 1.29 is 13.9 Å². The topological polar surface area (TPSA) is 85.9 Å². The third-order valence-corrected chi connectivity index (χ3v) is 3.34. The summed E-state index contributed by atoms with van der Waals surface area (Å²) in [5.41, 5.74) is -0.978. The summed E-state index contributed by atoms with van der Waals surface area (Å²) in [6, 6.07) is 7.46. The lowest BCUT2D eigenvalue weighted by Crippen LogP contribution is -2.39. The summed E-state index contributed by atoms with van der Waals surface area (Å²) in [4.78, 5) is 12.2. The average Bonchev–Trinajstić information content (AvgIpc) is 2.49. The van der Waals surface area contributed by atoms with E-state index in [-0.39, 0.29) is 5.56 Å². The largest absolute Gasteiger partial charge is 0.381 e. The predicted octanol–water partition coefficient (Wildman–Crippen LogP) is 1.96. The van der Waals surface area contributed by atoms with Gasteiger partial charge in [-0.05, 0) is 31.0 Å². The zero-order valence-electron chi connectivity index (χ0n) is 10.6. The van der Waals surface area contributed by atoms with Gasteiger partial charge in [-0.1, -0.05) is 0 Å². The van der Waals surface area contributed by atoms with E-state index in [1.54, 1.807) is 6.07 Å². The van der Waals surface area contributed by atoms with E-state index in [2.05, 4.69) is 5.32 Å². The molecule has 1 heterocycles. The number of nitrogens with one attached hydrogen (secondary N) is 1. The van der Waals surface area contributed by atoms with Crippen LogP contribution in [0.5, 0.6) is 0 Å². The smallest absolute Gasteiger partial charge is 0.245 e. The number of carbonyl (C=O) groups is 1. The molecule has 0 saturated carbocycles. The van der Waals surface area contributed by atoms with Gasteiger partial charge in [0.15, 0.2) is 0 Å². The third-order valence-electron chi connectivity index (χ3n) is 3.34. The maximum atomic E-state index is 13.2. The van der Waals surface area contributed by atoms with Crippen molar-refractivity contribution in [3.05, 3.63) is 29.6 Å². The molecule has 1 fully saturated rings. The molecule has 5 nitrogen and oxygen atoms in total. The Morgan fingerprint density at radius 2 is 2.05 bits per heavy atom. The number of benzene rings is 1. The highest BCUT2D eigenvalue weighted by molar-refractivity contribution is 5.97. The second-order valence-corrected chi connectivity index (χ2v) is 4.57. The Hall–Kier alpha value is -2.44. The summed E-state index contributed by atoms with van der Waals surface area (Å²) < 4.78 is 18.4. The zero-order valence-corrected chi connectivity index (χ0v) is 10.6. The van der Waals surface area contributed by atoms with Crippen LogP contribution in [0.4, 0.5) is 10.1 Å². The Morgan fingerprint density at radius 3 is 2.65 bits per heavy atom. The molecule has 1 N–H and O–H groups in total. The molecule has 102 valence electrons. The lowest BCUT2D eigenvalue weighted by molar-refractivity contribution is -0.126. The van der Waals surface area contributed by atoms with Crippen molar-refractivity contribution in [1.29, 1.82) is 10.5 Å². The molecule has 0 aliphatic carbocycles. The van der Waals surface area contributed by atoms with Crippen LogP contribution in [0.25, 0.3) is 0 Å². The molecule has 20 heavy (non-hydrogen) atoms. The van der Waals surface area contributed by atoms with Crippen LogP contribution in [-0.2, 0) is 9.53 Å². The molecule has 1 aliphatic heterocycles. The van der Waals surface area contributed by atoms with E-state index in [0.717, 1.165) is 6.07 Å². The number of hydrogen-bond acceptors (Lipinski definition) is 4. The number of hydrogen-bond donors (Lipinski definition) is 1. The summed E-state index contributed by atoms with van der Waals surface area (Å²) in [5, 5.41) is 20.6.